The van der Waals surface area contributed by atoms with Crippen LogP contribution in [-0.2, 0) is 14.3 Å². The Balaban J connectivity index is 1.76. The number of nitrogens with zero attached hydrogens (tertiary/aromatic N) is 4. The number of Topliss-reactive ketones (excluding diaryl/α,β-unsaturated/α-hetero) is 1. The Hall–Kier alpha value is -4.51. The van der Waals surface area contributed by atoms with Crippen molar-refractivity contribution in [3.05, 3.63) is 81.3 Å². The van der Waals surface area contributed by atoms with E-state index in [1.165, 1.54) is 19.2 Å². The largest absolute Gasteiger partial charge is 0.508 e. The quantitative estimate of drug-likeness (QED) is 0.180. The standard InChI is InChI=1S/C26H22N4O6S/c1-12-7-6-10-29-14(3)18(28-23(12)29)20(32)17-19(15-8-5-9-16(31)11-15)30(24(34)21(17)33)26-27-13(2)22(37-26)25(35)36-4/h5-11,19,31-32H,1-4H3/b20-17+. The summed E-state index contributed by atoms with van der Waals surface area (Å²) < 4.78 is 6.59. The number of anilines is 1. The zero-order valence-electron chi connectivity index (χ0n) is 20.3. The Morgan fingerprint density at radius 1 is 1.11 bits per heavy atom. The van der Waals surface area contributed by atoms with Gasteiger partial charge in [0.2, 0.25) is 0 Å². The minimum absolute atomic E-state index is 0.0787. The number of carbonyl (C=O) groups is 3. The second-order valence-corrected chi connectivity index (χ2v) is 9.57. The predicted octanol–water partition coefficient (Wildman–Crippen LogP) is 3.83. The lowest BCUT2D eigenvalue weighted by Gasteiger charge is -2.23. The minimum Gasteiger partial charge on any atom is -0.508 e. The number of aliphatic hydroxyl groups excluding tert-OH is 1. The third-order valence-corrected chi connectivity index (χ3v) is 7.44. The molecule has 0 saturated carbocycles. The summed E-state index contributed by atoms with van der Waals surface area (Å²) in [7, 11) is 1.24. The third kappa shape index (κ3) is 3.75. The number of aliphatic hydroxyl groups is 1. The Kier molecular flexibility index (Phi) is 5.79. The first-order valence-electron chi connectivity index (χ1n) is 11.2. The summed E-state index contributed by atoms with van der Waals surface area (Å²) in [5.41, 5.74) is 2.69. The topological polar surface area (TPSA) is 134 Å². The Bertz CT molecular complexity index is 1650. The number of benzene rings is 1. The fourth-order valence-electron chi connectivity index (χ4n) is 4.48. The molecule has 1 aliphatic rings. The number of fused-ring (bicyclic) bond motifs is 1. The molecule has 1 atom stereocenters. The predicted molar refractivity (Wildman–Crippen MR) is 136 cm³/mol. The molecule has 2 N–H and O–H groups in total. The molecule has 1 aliphatic heterocycles. The van der Waals surface area contributed by atoms with Crippen molar-refractivity contribution in [2.75, 3.05) is 12.0 Å². The number of hydrogen-bond donors (Lipinski definition) is 2. The van der Waals surface area contributed by atoms with Crippen LogP contribution in [0.25, 0.3) is 11.4 Å². The van der Waals surface area contributed by atoms with Crippen LogP contribution in [0, 0.1) is 20.8 Å². The van der Waals surface area contributed by atoms with Crippen molar-refractivity contribution in [1.82, 2.24) is 14.4 Å². The molecule has 37 heavy (non-hydrogen) atoms. The highest BCUT2D eigenvalue weighted by Gasteiger charge is 2.49. The van der Waals surface area contributed by atoms with Crippen molar-refractivity contribution < 1.29 is 29.3 Å². The number of carbonyl (C=O) groups excluding carboxylic acids is 3. The van der Waals surface area contributed by atoms with Crippen molar-refractivity contribution in [2.24, 2.45) is 0 Å². The molecule has 0 spiro atoms. The van der Waals surface area contributed by atoms with E-state index in [1.54, 1.807) is 36.6 Å². The molecular formula is C26H22N4O6S. The molecule has 1 unspecified atom stereocenters. The number of rotatable bonds is 4. The van der Waals surface area contributed by atoms with E-state index in [-0.39, 0.29) is 27.0 Å². The number of amides is 1. The van der Waals surface area contributed by atoms with Crippen LogP contribution in [-0.4, -0.2) is 49.4 Å². The van der Waals surface area contributed by atoms with Crippen molar-refractivity contribution >= 4 is 45.5 Å². The molecule has 5 rings (SSSR count). The smallest absolute Gasteiger partial charge is 0.350 e. The first kappa shape index (κ1) is 24.2. The van der Waals surface area contributed by atoms with E-state index in [9.17, 15) is 24.6 Å². The number of ether oxygens (including phenoxy) is 1. The van der Waals surface area contributed by atoms with Crippen molar-refractivity contribution in [1.29, 1.82) is 0 Å². The number of phenolic OH excluding ortho intramolecular Hbond substituents is 1. The van der Waals surface area contributed by atoms with E-state index in [0.29, 0.717) is 22.6 Å². The number of aromatic hydroxyl groups is 1. The molecule has 4 heterocycles. The fourth-order valence-corrected chi connectivity index (χ4v) is 5.49. The molecule has 10 nitrogen and oxygen atoms in total. The molecule has 0 bridgehead atoms. The zero-order chi connectivity index (χ0) is 26.6. The van der Waals surface area contributed by atoms with Crippen LogP contribution in [0.4, 0.5) is 5.13 Å². The van der Waals surface area contributed by atoms with Crippen LogP contribution >= 0.6 is 11.3 Å². The second kappa shape index (κ2) is 8.86. The van der Waals surface area contributed by atoms with Gasteiger partial charge in [-0.05, 0) is 50.1 Å². The number of esters is 1. The lowest BCUT2D eigenvalue weighted by molar-refractivity contribution is -0.132. The number of hydrogen-bond acceptors (Lipinski definition) is 9. The van der Waals surface area contributed by atoms with Gasteiger partial charge in [0.15, 0.2) is 10.9 Å². The summed E-state index contributed by atoms with van der Waals surface area (Å²) in [5, 5.41) is 21.7. The van der Waals surface area contributed by atoms with Crippen LogP contribution < -0.4 is 4.90 Å². The Morgan fingerprint density at radius 2 is 1.86 bits per heavy atom. The van der Waals surface area contributed by atoms with Gasteiger partial charge in [0.05, 0.1) is 30.1 Å². The molecule has 0 aliphatic carbocycles. The van der Waals surface area contributed by atoms with Gasteiger partial charge in [-0.3, -0.25) is 14.5 Å². The van der Waals surface area contributed by atoms with Gasteiger partial charge in [-0.15, -0.1) is 0 Å². The molecule has 1 aromatic carbocycles. The summed E-state index contributed by atoms with van der Waals surface area (Å²) in [6, 6.07) is 8.63. The van der Waals surface area contributed by atoms with E-state index >= 15 is 0 Å². The maximum atomic E-state index is 13.4. The average Bonchev–Trinajstić information content (AvgIpc) is 3.51. The lowest BCUT2D eigenvalue weighted by atomic mass is 9.96. The zero-order valence-corrected chi connectivity index (χ0v) is 21.2. The summed E-state index contributed by atoms with van der Waals surface area (Å²) in [6.45, 7) is 5.22. The van der Waals surface area contributed by atoms with Crippen LogP contribution in [0.2, 0.25) is 0 Å². The number of aryl methyl sites for hydroxylation is 3. The SMILES string of the molecule is COC(=O)c1sc(N2C(=O)C(=O)/C(=C(/O)c3nc4c(C)cccn4c3C)C2c2cccc(O)c2)nc1C. The number of ketones is 1. The van der Waals surface area contributed by atoms with Gasteiger partial charge in [-0.2, -0.15) is 0 Å². The molecule has 0 radical (unpaired) electrons. The van der Waals surface area contributed by atoms with Gasteiger partial charge in [-0.25, -0.2) is 14.8 Å². The Labute approximate surface area is 215 Å². The van der Waals surface area contributed by atoms with E-state index in [2.05, 4.69) is 9.97 Å². The van der Waals surface area contributed by atoms with Gasteiger partial charge in [0.25, 0.3) is 5.78 Å². The molecule has 1 fully saturated rings. The number of thiazole rings is 1. The van der Waals surface area contributed by atoms with E-state index in [0.717, 1.165) is 21.8 Å². The lowest BCUT2D eigenvalue weighted by Crippen LogP contribution is -2.29. The first-order chi connectivity index (χ1) is 17.6. The second-order valence-electron chi connectivity index (χ2n) is 8.60. The third-order valence-electron chi connectivity index (χ3n) is 6.30. The highest BCUT2D eigenvalue weighted by Crippen LogP contribution is 2.44. The molecule has 188 valence electrons. The van der Waals surface area contributed by atoms with E-state index in [4.69, 9.17) is 4.74 Å². The summed E-state index contributed by atoms with van der Waals surface area (Å²) in [5.74, 6) is -3.03. The molecule has 1 saturated heterocycles. The summed E-state index contributed by atoms with van der Waals surface area (Å²) in [6.07, 6.45) is 1.79. The summed E-state index contributed by atoms with van der Waals surface area (Å²) >= 11 is 0.897. The summed E-state index contributed by atoms with van der Waals surface area (Å²) in [4.78, 5) is 49.2. The molecule has 4 aromatic rings. The van der Waals surface area contributed by atoms with E-state index in [1.807, 2.05) is 19.1 Å². The van der Waals surface area contributed by atoms with Gasteiger partial charge < -0.3 is 19.4 Å². The highest BCUT2D eigenvalue weighted by molar-refractivity contribution is 7.17. The van der Waals surface area contributed by atoms with Crippen molar-refractivity contribution in [2.45, 2.75) is 26.8 Å². The highest BCUT2D eigenvalue weighted by atomic mass is 32.1. The Morgan fingerprint density at radius 3 is 2.54 bits per heavy atom. The number of phenols is 1. The van der Waals surface area contributed by atoms with Gasteiger partial charge in [0, 0.05) is 6.20 Å². The van der Waals surface area contributed by atoms with Crippen molar-refractivity contribution in [3.63, 3.8) is 0 Å². The fraction of sp³-hybridized carbons (Fsp3) is 0.192. The number of pyridine rings is 1. The van der Waals surface area contributed by atoms with Crippen molar-refractivity contribution in [3.8, 4) is 5.75 Å². The van der Waals surface area contributed by atoms with E-state index < -0.39 is 29.5 Å². The van der Waals surface area contributed by atoms with Crippen LogP contribution in [0.15, 0.2) is 48.2 Å². The van der Waals surface area contributed by atoms with Crippen LogP contribution in [0.1, 0.15) is 43.9 Å². The van der Waals surface area contributed by atoms with Crippen LogP contribution in [0.5, 0.6) is 5.75 Å². The normalized spacial score (nSPS) is 17.1. The van der Waals surface area contributed by atoms with Crippen LogP contribution in [0.3, 0.4) is 0 Å². The molecular weight excluding hydrogens is 496 g/mol. The molecule has 11 heteroatoms. The number of aromatic nitrogens is 3. The number of methoxy groups -OCH3 is 1. The number of imidazole rings is 1. The van der Waals surface area contributed by atoms with Gasteiger partial charge in [-0.1, -0.05) is 29.5 Å². The molecule has 3 aromatic heterocycles. The first-order valence-corrected chi connectivity index (χ1v) is 12.1. The molecule has 1 amide bonds. The van der Waals surface area contributed by atoms with Gasteiger partial charge in [0.1, 0.15) is 22.0 Å². The maximum absolute atomic E-state index is 13.4. The monoisotopic (exact) mass is 518 g/mol. The minimum atomic E-state index is -1.13. The average molecular weight is 519 g/mol. The maximum Gasteiger partial charge on any atom is 0.350 e. The van der Waals surface area contributed by atoms with Gasteiger partial charge >= 0.3 is 11.9 Å².